The summed E-state index contributed by atoms with van der Waals surface area (Å²) < 4.78 is 0. The quantitative estimate of drug-likeness (QED) is 0.573. The van der Waals surface area contributed by atoms with Gasteiger partial charge in [-0.2, -0.15) is 0 Å². The predicted molar refractivity (Wildman–Crippen MR) is 79.2 cm³/mol. The molecule has 0 unspecified atom stereocenters. The van der Waals surface area contributed by atoms with E-state index in [2.05, 4.69) is 4.90 Å². The average molecular weight is 282 g/mol. The summed E-state index contributed by atoms with van der Waals surface area (Å²) in [5.74, 6) is 0.0124. The Bertz CT molecular complexity index is 458. The number of halogens is 1. The molecule has 0 spiro atoms. The minimum absolute atomic E-state index is 0.0124. The zero-order chi connectivity index (χ0) is 13.8. The summed E-state index contributed by atoms with van der Waals surface area (Å²) in [6.45, 7) is 0.656. The maximum absolute atomic E-state index is 9.29. The highest BCUT2D eigenvalue weighted by Crippen LogP contribution is 2.31. The fourth-order valence-corrected chi connectivity index (χ4v) is 2.97. The van der Waals surface area contributed by atoms with Crippen LogP contribution >= 0.6 is 11.6 Å². The molecule has 5 heteroatoms. The second-order valence-electron chi connectivity index (χ2n) is 4.93. The Labute approximate surface area is 118 Å². The van der Waals surface area contributed by atoms with Gasteiger partial charge < -0.3 is 15.7 Å². The lowest BCUT2D eigenvalue weighted by Gasteiger charge is -2.32. The lowest BCUT2D eigenvalue weighted by atomic mass is 10.1. The van der Waals surface area contributed by atoms with Gasteiger partial charge in [-0.1, -0.05) is 24.4 Å². The molecule has 0 bridgehead atoms. The third kappa shape index (κ3) is 3.19. The fourth-order valence-electron chi connectivity index (χ4n) is 2.80. The lowest BCUT2D eigenvalue weighted by Crippen LogP contribution is -2.37. The van der Waals surface area contributed by atoms with E-state index < -0.39 is 0 Å². The van der Waals surface area contributed by atoms with Crippen LogP contribution in [0.15, 0.2) is 18.2 Å². The molecule has 1 aliphatic rings. The van der Waals surface area contributed by atoms with Crippen molar-refractivity contribution >= 4 is 23.1 Å². The van der Waals surface area contributed by atoms with Crippen LogP contribution in [0, 0.1) is 5.41 Å². The van der Waals surface area contributed by atoms with Crippen molar-refractivity contribution in [3.8, 4) is 0 Å². The van der Waals surface area contributed by atoms with Crippen LogP contribution in [0.4, 0.5) is 5.69 Å². The van der Waals surface area contributed by atoms with Gasteiger partial charge in [-0.05, 0) is 31.0 Å². The number of aliphatic hydroxyl groups excluding tert-OH is 1. The van der Waals surface area contributed by atoms with Crippen LogP contribution in [-0.2, 0) is 0 Å². The summed E-state index contributed by atoms with van der Waals surface area (Å²) in [5, 5.41) is 17.6. The molecule has 0 radical (unpaired) electrons. The van der Waals surface area contributed by atoms with E-state index in [0.717, 1.165) is 18.5 Å². The van der Waals surface area contributed by atoms with Gasteiger partial charge in [0, 0.05) is 28.9 Å². The lowest BCUT2D eigenvalue weighted by molar-refractivity contribution is 0.297. The minimum atomic E-state index is 0.0124. The summed E-state index contributed by atoms with van der Waals surface area (Å²) in [6.07, 6.45) is 4.69. The van der Waals surface area contributed by atoms with Gasteiger partial charge >= 0.3 is 0 Å². The number of nitrogen functional groups attached to an aromatic ring is 1. The number of nitrogens with zero attached hydrogens (tertiary/aromatic N) is 1. The number of hydrogen-bond donors (Lipinski definition) is 3. The summed E-state index contributed by atoms with van der Waals surface area (Å²) in [6, 6.07) is 5.85. The molecule has 2 rings (SSSR count). The summed E-state index contributed by atoms with van der Waals surface area (Å²) >= 11 is 5.98. The molecule has 1 saturated carbocycles. The standard InChI is InChI=1S/C14H20ClN3O/c15-10-5-6-13(12(9-10)14(16)17)18(7-8-19)11-3-1-2-4-11/h5-6,9,11,19H,1-4,7-8H2,(H3,16,17). The third-order valence-electron chi connectivity index (χ3n) is 3.66. The van der Waals surface area contributed by atoms with Crippen molar-refractivity contribution in [3.05, 3.63) is 28.8 Å². The van der Waals surface area contributed by atoms with Crippen molar-refractivity contribution in [2.45, 2.75) is 31.7 Å². The molecule has 1 fully saturated rings. The number of aliphatic hydroxyl groups is 1. The van der Waals surface area contributed by atoms with Crippen LogP contribution in [0.25, 0.3) is 0 Å². The van der Waals surface area contributed by atoms with Crippen LogP contribution in [0.1, 0.15) is 31.2 Å². The van der Waals surface area contributed by atoms with Crippen molar-refractivity contribution in [1.29, 1.82) is 5.41 Å². The highest BCUT2D eigenvalue weighted by atomic mass is 35.5. The van der Waals surface area contributed by atoms with Gasteiger partial charge in [0.25, 0.3) is 0 Å². The molecular weight excluding hydrogens is 262 g/mol. The van der Waals surface area contributed by atoms with Crippen molar-refractivity contribution in [3.63, 3.8) is 0 Å². The van der Waals surface area contributed by atoms with Gasteiger partial charge in [0.1, 0.15) is 5.84 Å². The molecule has 0 amide bonds. The molecule has 0 aromatic heterocycles. The Hall–Kier alpha value is -1.26. The SMILES string of the molecule is N=C(N)c1cc(Cl)ccc1N(CCO)C1CCCC1. The number of nitrogens with two attached hydrogens (primary N) is 1. The van der Waals surface area contributed by atoms with E-state index in [0.29, 0.717) is 23.2 Å². The maximum Gasteiger partial charge on any atom is 0.124 e. The summed E-state index contributed by atoms with van der Waals surface area (Å²) in [4.78, 5) is 2.17. The van der Waals surface area contributed by atoms with E-state index in [-0.39, 0.29) is 12.4 Å². The van der Waals surface area contributed by atoms with Crippen molar-refractivity contribution in [2.24, 2.45) is 5.73 Å². The second kappa shape index (κ2) is 6.26. The van der Waals surface area contributed by atoms with E-state index in [4.69, 9.17) is 22.7 Å². The maximum atomic E-state index is 9.29. The van der Waals surface area contributed by atoms with Crippen LogP contribution in [0.5, 0.6) is 0 Å². The third-order valence-corrected chi connectivity index (χ3v) is 3.90. The van der Waals surface area contributed by atoms with E-state index in [1.165, 1.54) is 12.8 Å². The zero-order valence-electron chi connectivity index (χ0n) is 10.9. The highest BCUT2D eigenvalue weighted by molar-refractivity contribution is 6.31. The predicted octanol–water partition coefficient (Wildman–Crippen LogP) is 2.37. The Morgan fingerprint density at radius 2 is 2.11 bits per heavy atom. The van der Waals surface area contributed by atoms with E-state index >= 15 is 0 Å². The smallest absolute Gasteiger partial charge is 0.124 e. The Morgan fingerprint density at radius 3 is 2.68 bits per heavy atom. The van der Waals surface area contributed by atoms with E-state index in [1.807, 2.05) is 12.1 Å². The van der Waals surface area contributed by atoms with Crippen LogP contribution < -0.4 is 10.6 Å². The molecule has 104 valence electrons. The zero-order valence-corrected chi connectivity index (χ0v) is 11.7. The van der Waals surface area contributed by atoms with Gasteiger partial charge in [-0.3, -0.25) is 5.41 Å². The number of anilines is 1. The number of hydrogen-bond acceptors (Lipinski definition) is 3. The Balaban J connectivity index is 2.37. The largest absolute Gasteiger partial charge is 0.395 e. The van der Waals surface area contributed by atoms with Gasteiger partial charge in [-0.25, -0.2) is 0 Å². The molecule has 0 heterocycles. The molecule has 1 aromatic rings. The van der Waals surface area contributed by atoms with Gasteiger partial charge in [0.2, 0.25) is 0 Å². The molecule has 0 aliphatic heterocycles. The van der Waals surface area contributed by atoms with Gasteiger partial charge in [-0.15, -0.1) is 0 Å². The summed E-state index contributed by atoms with van der Waals surface area (Å²) in [7, 11) is 0. The molecule has 0 atom stereocenters. The van der Waals surface area contributed by atoms with E-state index in [9.17, 15) is 5.11 Å². The Morgan fingerprint density at radius 1 is 1.42 bits per heavy atom. The molecule has 19 heavy (non-hydrogen) atoms. The normalized spacial score (nSPS) is 15.7. The number of rotatable bonds is 5. The second-order valence-corrected chi connectivity index (χ2v) is 5.37. The first kappa shape index (κ1) is 14.2. The molecule has 0 saturated heterocycles. The van der Waals surface area contributed by atoms with Crippen molar-refractivity contribution < 1.29 is 5.11 Å². The highest BCUT2D eigenvalue weighted by Gasteiger charge is 2.24. The number of amidine groups is 1. The number of nitrogens with one attached hydrogen (secondary N) is 1. The monoisotopic (exact) mass is 281 g/mol. The number of benzene rings is 1. The molecule has 4 N–H and O–H groups in total. The molecule has 4 nitrogen and oxygen atoms in total. The minimum Gasteiger partial charge on any atom is -0.395 e. The summed E-state index contributed by atoms with van der Waals surface area (Å²) in [5.41, 5.74) is 7.20. The van der Waals surface area contributed by atoms with Crippen molar-refractivity contribution in [1.82, 2.24) is 0 Å². The average Bonchev–Trinajstić information content (AvgIpc) is 2.90. The first-order valence-corrected chi connectivity index (χ1v) is 7.02. The van der Waals surface area contributed by atoms with Crippen LogP contribution in [0.3, 0.4) is 0 Å². The van der Waals surface area contributed by atoms with Crippen LogP contribution in [0.2, 0.25) is 5.02 Å². The fraction of sp³-hybridized carbons (Fsp3) is 0.500. The van der Waals surface area contributed by atoms with Gasteiger partial charge in [0.05, 0.1) is 6.61 Å². The molecule has 1 aromatic carbocycles. The first-order valence-electron chi connectivity index (χ1n) is 6.65. The Kier molecular flexibility index (Phi) is 4.66. The molecular formula is C14H20ClN3O. The first-order chi connectivity index (χ1) is 9.13. The van der Waals surface area contributed by atoms with Gasteiger partial charge in [0.15, 0.2) is 0 Å². The molecule has 1 aliphatic carbocycles. The van der Waals surface area contributed by atoms with E-state index in [1.54, 1.807) is 6.07 Å². The van der Waals surface area contributed by atoms with Crippen LogP contribution in [-0.4, -0.2) is 30.1 Å². The topological polar surface area (TPSA) is 73.3 Å². The van der Waals surface area contributed by atoms with Crippen molar-refractivity contribution in [2.75, 3.05) is 18.1 Å².